The molecule has 2 heterocycles. The number of carbonyl (C=O) groups is 2. The van der Waals surface area contributed by atoms with Crippen LogP contribution in [0.3, 0.4) is 0 Å². The molecule has 0 saturated heterocycles. The fourth-order valence-electron chi connectivity index (χ4n) is 2.95. The van der Waals surface area contributed by atoms with Crippen molar-refractivity contribution in [3.63, 3.8) is 0 Å². The molecule has 0 radical (unpaired) electrons. The molecule has 0 aliphatic carbocycles. The van der Waals surface area contributed by atoms with E-state index >= 15 is 0 Å². The van der Waals surface area contributed by atoms with Crippen molar-refractivity contribution in [2.45, 2.75) is 27.7 Å². The van der Waals surface area contributed by atoms with E-state index in [4.69, 9.17) is 4.74 Å². The van der Waals surface area contributed by atoms with Gasteiger partial charge in [0, 0.05) is 17.6 Å². The highest BCUT2D eigenvalue weighted by molar-refractivity contribution is 5.95. The molecule has 0 bridgehead atoms. The van der Waals surface area contributed by atoms with Gasteiger partial charge in [-0.2, -0.15) is 5.10 Å². The van der Waals surface area contributed by atoms with Crippen LogP contribution in [0, 0.1) is 27.7 Å². The van der Waals surface area contributed by atoms with Crippen molar-refractivity contribution in [1.29, 1.82) is 0 Å². The Bertz CT molecular complexity index is 1000. The Morgan fingerprint density at radius 1 is 1.04 bits per heavy atom. The minimum absolute atomic E-state index is 0.268. The Labute approximate surface area is 163 Å². The van der Waals surface area contributed by atoms with Gasteiger partial charge in [-0.05, 0) is 69.2 Å². The van der Waals surface area contributed by atoms with Gasteiger partial charge in [-0.15, -0.1) is 0 Å². The first-order valence-electron chi connectivity index (χ1n) is 8.87. The fraction of sp³-hybridized carbons (Fsp3) is 0.238. The molecule has 3 aromatic rings. The van der Waals surface area contributed by atoms with Gasteiger partial charge in [-0.3, -0.25) is 4.79 Å². The third-order valence-corrected chi connectivity index (χ3v) is 4.05. The minimum Gasteiger partial charge on any atom is -0.452 e. The van der Waals surface area contributed by atoms with Crippen LogP contribution >= 0.6 is 0 Å². The highest BCUT2D eigenvalue weighted by Gasteiger charge is 2.12. The first-order chi connectivity index (χ1) is 13.3. The second-order valence-corrected chi connectivity index (χ2v) is 6.74. The highest BCUT2D eigenvalue weighted by Crippen LogP contribution is 2.14. The maximum absolute atomic E-state index is 12.2. The monoisotopic (exact) mass is 378 g/mol. The fourth-order valence-corrected chi connectivity index (χ4v) is 2.95. The van der Waals surface area contributed by atoms with E-state index in [0.717, 1.165) is 22.5 Å². The quantitative estimate of drug-likeness (QED) is 0.689. The normalized spacial score (nSPS) is 10.6. The second kappa shape index (κ2) is 8.04. The van der Waals surface area contributed by atoms with Crippen LogP contribution in [-0.2, 0) is 9.53 Å². The van der Waals surface area contributed by atoms with E-state index in [2.05, 4.69) is 15.4 Å². The predicted molar refractivity (Wildman–Crippen MR) is 106 cm³/mol. The zero-order chi connectivity index (χ0) is 20.3. The lowest BCUT2D eigenvalue weighted by Crippen LogP contribution is -2.21. The average molecular weight is 378 g/mol. The van der Waals surface area contributed by atoms with Crippen LogP contribution in [0.25, 0.3) is 5.82 Å². The smallest absolute Gasteiger partial charge is 0.340 e. The first kappa shape index (κ1) is 19.3. The maximum atomic E-state index is 12.2. The minimum atomic E-state index is -0.608. The summed E-state index contributed by atoms with van der Waals surface area (Å²) in [5.41, 5.74) is 4.86. The summed E-state index contributed by atoms with van der Waals surface area (Å²) in [6, 6.07) is 11.0. The summed E-state index contributed by atoms with van der Waals surface area (Å²) in [6.07, 6.45) is 1.41. The van der Waals surface area contributed by atoms with Gasteiger partial charge in [-0.25, -0.2) is 14.5 Å². The van der Waals surface area contributed by atoms with Gasteiger partial charge in [0.15, 0.2) is 12.4 Å². The molecule has 0 saturated carbocycles. The molecule has 0 unspecified atom stereocenters. The van der Waals surface area contributed by atoms with E-state index in [1.165, 1.54) is 6.20 Å². The summed E-state index contributed by atoms with van der Waals surface area (Å²) in [6.45, 7) is 7.36. The van der Waals surface area contributed by atoms with Crippen molar-refractivity contribution in [2.24, 2.45) is 0 Å². The molecule has 0 atom stereocenters. The standard InChI is InChI=1S/C21H22N4O3/c1-13-7-14(2)9-18(8-13)23-20(26)12-28-21(27)17-5-6-19(22-11-17)25-16(4)10-15(3)24-25/h5-11H,12H2,1-4H3,(H,23,26). The lowest BCUT2D eigenvalue weighted by molar-refractivity contribution is -0.119. The molecule has 0 aliphatic rings. The number of carbonyl (C=O) groups excluding carboxylic acids is 2. The van der Waals surface area contributed by atoms with E-state index in [1.54, 1.807) is 16.8 Å². The van der Waals surface area contributed by atoms with E-state index in [9.17, 15) is 9.59 Å². The van der Waals surface area contributed by atoms with Crippen molar-refractivity contribution in [1.82, 2.24) is 14.8 Å². The second-order valence-electron chi connectivity index (χ2n) is 6.74. The highest BCUT2D eigenvalue weighted by atomic mass is 16.5. The number of nitrogens with one attached hydrogen (secondary N) is 1. The molecule has 0 aliphatic heterocycles. The lowest BCUT2D eigenvalue weighted by atomic mass is 10.1. The molecule has 7 heteroatoms. The number of esters is 1. The Kier molecular flexibility index (Phi) is 5.54. The molecule has 7 nitrogen and oxygen atoms in total. The van der Waals surface area contributed by atoms with Crippen molar-refractivity contribution in [3.8, 4) is 5.82 Å². The molecular formula is C21H22N4O3. The van der Waals surface area contributed by atoms with Crippen LogP contribution in [0.5, 0.6) is 0 Å². The Morgan fingerprint density at radius 2 is 1.75 bits per heavy atom. The van der Waals surface area contributed by atoms with Gasteiger partial charge in [0.1, 0.15) is 0 Å². The Hall–Kier alpha value is -3.48. The summed E-state index contributed by atoms with van der Waals surface area (Å²) in [7, 11) is 0. The third-order valence-electron chi connectivity index (χ3n) is 4.05. The number of amides is 1. The van der Waals surface area contributed by atoms with Crippen molar-refractivity contribution in [3.05, 3.63) is 70.7 Å². The molecule has 0 fully saturated rings. The number of pyridine rings is 1. The van der Waals surface area contributed by atoms with E-state index in [0.29, 0.717) is 11.5 Å². The van der Waals surface area contributed by atoms with Crippen LogP contribution in [0.1, 0.15) is 32.9 Å². The van der Waals surface area contributed by atoms with Crippen molar-refractivity contribution >= 4 is 17.6 Å². The topological polar surface area (TPSA) is 86.1 Å². The van der Waals surface area contributed by atoms with Gasteiger partial charge in [0.05, 0.1) is 11.3 Å². The molecule has 0 spiro atoms. The average Bonchev–Trinajstić information content (AvgIpc) is 2.97. The van der Waals surface area contributed by atoms with Crippen LogP contribution < -0.4 is 5.32 Å². The third kappa shape index (κ3) is 4.62. The van der Waals surface area contributed by atoms with Crippen molar-refractivity contribution < 1.29 is 14.3 Å². The maximum Gasteiger partial charge on any atom is 0.340 e. The Morgan fingerprint density at radius 3 is 2.32 bits per heavy atom. The van der Waals surface area contributed by atoms with E-state index in [-0.39, 0.29) is 12.2 Å². The van der Waals surface area contributed by atoms with Crippen LogP contribution in [0.4, 0.5) is 5.69 Å². The van der Waals surface area contributed by atoms with Crippen LogP contribution in [0.2, 0.25) is 0 Å². The summed E-state index contributed by atoms with van der Waals surface area (Å²) in [4.78, 5) is 28.5. The number of ether oxygens (including phenoxy) is 1. The molecule has 1 aromatic carbocycles. The molecule has 2 aromatic heterocycles. The first-order valence-corrected chi connectivity index (χ1v) is 8.87. The van der Waals surface area contributed by atoms with Gasteiger partial charge >= 0.3 is 5.97 Å². The SMILES string of the molecule is Cc1cc(C)cc(NC(=O)COC(=O)c2ccc(-n3nc(C)cc3C)nc2)c1. The molecule has 144 valence electrons. The van der Waals surface area contributed by atoms with Gasteiger partial charge in [0.25, 0.3) is 5.91 Å². The zero-order valence-electron chi connectivity index (χ0n) is 16.3. The molecule has 1 N–H and O–H groups in total. The number of aryl methyl sites for hydroxylation is 4. The molecule has 3 rings (SSSR count). The lowest BCUT2D eigenvalue weighted by Gasteiger charge is -2.09. The summed E-state index contributed by atoms with van der Waals surface area (Å²) < 4.78 is 6.78. The molecule has 1 amide bonds. The predicted octanol–water partition coefficient (Wildman–Crippen LogP) is 3.30. The van der Waals surface area contributed by atoms with Gasteiger partial charge < -0.3 is 10.1 Å². The van der Waals surface area contributed by atoms with Crippen LogP contribution in [-0.4, -0.2) is 33.2 Å². The largest absolute Gasteiger partial charge is 0.452 e. The summed E-state index contributed by atoms with van der Waals surface area (Å²) in [5.74, 6) is -0.400. The number of rotatable bonds is 5. The number of nitrogens with zero attached hydrogens (tertiary/aromatic N) is 3. The summed E-state index contributed by atoms with van der Waals surface area (Å²) in [5, 5.41) is 7.08. The molecular weight excluding hydrogens is 356 g/mol. The van der Waals surface area contributed by atoms with E-state index in [1.807, 2.05) is 52.0 Å². The van der Waals surface area contributed by atoms with Crippen molar-refractivity contribution in [2.75, 3.05) is 11.9 Å². The zero-order valence-corrected chi connectivity index (χ0v) is 16.3. The Balaban J connectivity index is 1.58. The van der Waals surface area contributed by atoms with Gasteiger partial charge in [-0.1, -0.05) is 6.07 Å². The number of hydrogen-bond donors (Lipinski definition) is 1. The van der Waals surface area contributed by atoms with Gasteiger partial charge in [0.2, 0.25) is 0 Å². The van der Waals surface area contributed by atoms with E-state index < -0.39 is 11.9 Å². The summed E-state index contributed by atoms with van der Waals surface area (Å²) >= 11 is 0. The number of hydrogen-bond acceptors (Lipinski definition) is 5. The number of aromatic nitrogens is 3. The number of benzene rings is 1. The van der Waals surface area contributed by atoms with Crippen LogP contribution in [0.15, 0.2) is 42.6 Å². The number of anilines is 1. The molecule has 28 heavy (non-hydrogen) atoms.